The number of carbonyl (C=O) groups excluding carboxylic acids is 1. The van der Waals surface area contributed by atoms with Gasteiger partial charge < -0.3 is 10.4 Å². The molecule has 1 aromatic rings. The maximum atomic E-state index is 12.3. The van der Waals surface area contributed by atoms with E-state index in [1.807, 2.05) is 13.0 Å². The van der Waals surface area contributed by atoms with Crippen molar-refractivity contribution >= 4 is 29.2 Å². The predicted octanol–water partition coefficient (Wildman–Crippen LogP) is 2.90. The normalized spacial score (nSPS) is 24.3. The summed E-state index contributed by atoms with van der Waals surface area (Å²) in [5, 5.41) is 21.0. The van der Waals surface area contributed by atoms with E-state index in [1.54, 1.807) is 6.07 Å². The number of halogens is 1. The van der Waals surface area contributed by atoms with Crippen molar-refractivity contribution in [3.8, 4) is 6.07 Å². The summed E-state index contributed by atoms with van der Waals surface area (Å²) in [6, 6.07) is 6.53. The van der Waals surface area contributed by atoms with Gasteiger partial charge in [-0.1, -0.05) is 18.5 Å². The Labute approximate surface area is 127 Å². The molecule has 1 saturated carbocycles. The Hall–Kier alpha value is -2.06. The molecule has 2 rings (SSSR count). The molecule has 2 N–H and O–H groups in total. The summed E-state index contributed by atoms with van der Waals surface area (Å²) in [6.45, 7) is 1.94. The third-order valence-electron chi connectivity index (χ3n) is 3.81. The van der Waals surface area contributed by atoms with Gasteiger partial charge in [-0.3, -0.25) is 9.59 Å². The maximum Gasteiger partial charge on any atom is 0.307 e. The van der Waals surface area contributed by atoms with E-state index < -0.39 is 17.8 Å². The molecular weight excluding hydrogens is 292 g/mol. The van der Waals surface area contributed by atoms with Crippen LogP contribution in [-0.4, -0.2) is 17.0 Å². The average molecular weight is 307 g/mol. The fourth-order valence-corrected chi connectivity index (χ4v) is 2.94. The maximum absolute atomic E-state index is 12.3. The SMILES string of the molecule is CC1C[C@H](C(=O)Nc2cc(C#N)ccc2Cl)[C@H](C(=O)O)C1. The first-order valence-corrected chi connectivity index (χ1v) is 7.03. The standard InChI is InChI=1S/C15H15ClN2O3/c1-8-4-10(11(5-8)15(20)21)14(19)18-13-6-9(7-17)2-3-12(13)16/h2-3,6,8,10-11H,4-5H2,1H3,(H,18,19)(H,20,21)/t8?,10-,11+/m0/s1. The molecule has 1 aliphatic carbocycles. The van der Waals surface area contributed by atoms with Gasteiger partial charge in [-0.25, -0.2) is 0 Å². The van der Waals surface area contributed by atoms with Gasteiger partial charge in [-0.05, 0) is 37.0 Å². The summed E-state index contributed by atoms with van der Waals surface area (Å²) in [5.74, 6) is -2.35. The number of rotatable bonds is 3. The molecule has 5 nitrogen and oxygen atoms in total. The van der Waals surface area contributed by atoms with Crippen LogP contribution in [0.1, 0.15) is 25.3 Å². The third kappa shape index (κ3) is 3.34. The van der Waals surface area contributed by atoms with Gasteiger partial charge in [0.15, 0.2) is 0 Å². The molecular formula is C15H15ClN2O3. The van der Waals surface area contributed by atoms with Crippen molar-refractivity contribution in [2.45, 2.75) is 19.8 Å². The van der Waals surface area contributed by atoms with Crippen molar-refractivity contribution in [2.24, 2.45) is 17.8 Å². The zero-order chi connectivity index (χ0) is 15.6. The number of benzene rings is 1. The quantitative estimate of drug-likeness (QED) is 0.898. The highest BCUT2D eigenvalue weighted by Gasteiger charge is 2.41. The Bertz CT molecular complexity index is 624. The summed E-state index contributed by atoms with van der Waals surface area (Å²) in [4.78, 5) is 23.5. The molecule has 0 heterocycles. The smallest absolute Gasteiger partial charge is 0.307 e. The molecule has 6 heteroatoms. The molecule has 1 amide bonds. The van der Waals surface area contributed by atoms with Crippen LogP contribution >= 0.6 is 11.6 Å². The van der Waals surface area contributed by atoms with E-state index in [-0.39, 0.29) is 11.8 Å². The molecule has 0 radical (unpaired) electrons. The lowest BCUT2D eigenvalue weighted by molar-refractivity contribution is -0.145. The second kappa shape index (κ2) is 6.15. The van der Waals surface area contributed by atoms with Crippen molar-refractivity contribution in [1.29, 1.82) is 5.26 Å². The summed E-state index contributed by atoms with van der Waals surface area (Å²) < 4.78 is 0. The van der Waals surface area contributed by atoms with Gasteiger partial charge in [0, 0.05) is 0 Å². The Kier molecular flexibility index (Phi) is 4.49. The van der Waals surface area contributed by atoms with Crippen LogP contribution in [0, 0.1) is 29.1 Å². The van der Waals surface area contributed by atoms with E-state index in [0.717, 1.165) is 0 Å². The number of anilines is 1. The van der Waals surface area contributed by atoms with Crippen LogP contribution in [0.3, 0.4) is 0 Å². The zero-order valence-corrected chi connectivity index (χ0v) is 12.2. The summed E-state index contributed by atoms with van der Waals surface area (Å²) in [7, 11) is 0. The molecule has 0 aliphatic heterocycles. The summed E-state index contributed by atoms with van der Waals surface area (Å²) in [6.07, 6.45) is 1.04. The lowest BCUT2D eigenvalue weighted by atomic mass is 9.95. The second-order valence-corrected chi connectivity index (χ2v) is 5.83. The van der Waals surface area contributed by atoms with Crippen molar-refractivity contribution in [3.63, 3.8) is 0 Å². The van der Waals surface area contributed by atoms with E-state index in [0.29, 0.717) is 29.1 Å². The van der Waals surface area contributed by atoms with E-state index in [1.165, 1.54) is 12.1 Å². The number of hydrogen-bond acceptors (Lipinski definition) is 3. The number of carbonyl (C=O) groups is 2. The molecule has 0 spiro atoms. The van der Waals surface area contributed by atoms with Crippen molar-refractivity contribution < 1.29 is 14.7 Å². The Balaban J connectivity index is 2.18. The molecule has 1 aliphatic rings. The zero-order valence-electron chi connectivity index (χ0n) is 11.5. The molecule has 0 bridgehead atoms. The average Bonchev–Trinajstić information content (AvgIpc) is 2.83. The predicted molar refractivity (Wildman–Crippen MR) is 77.8 cm³/mol. The van der Waals surface area contributed by atoms with Crippen LogP contribution in [0.5, 0.6) is 0 Å². The molecule has 21 heavy (non-hydrogen) atoms. The number of nitrogens with one attached hydrogen (secondary N) is 1. The number of amides is 1. The monoisotopic (exact) mass is 306 g/mol. The van der Waals surface area contributed by atoms with Crippen molar-refractivity contribution in [1.82, 2.24) is 0 Å². The lowest BCUT2D eigenvalue weighted by Gasteiger charge is -2.16. The van der Waals surface area contributed by atoms with Crippen LogP contribution in [0.15, 0.2) is 18.2 Å². The number of nitriles is 1. The molecule has 3 atom stereocenters. The molecule has 1 unspecified atom stereocenters. The fraction of sp³-hybridized carbons (Fsp3) is 0.400. The molecule has 1 aromatic carbocycles. The van der Waals surface area contributed by atoms with E-state index >= 15 is 0 Å². The minimum absolute atomic E-state index is 0.197. The fourth-order valence-electron chi connectivity index (χ4n) is 2.77. The largest absolute Gasteiger partial charge is 0.481 e. The van der Waals surface area contributed by atoms with Crippen LogP contribution < -0.4 is 5.32 Å². The van der Waals surface area contributed by atoms with Crippen molar-refractivity contribution in [2.75, 3.05) is 5.32 Å². The third-order valence-corrected chi connectivity index (χ3v) is 4.14. The highest BCUT2D eigenvalue weighted by atomic mass is 35.5. The Morgan fingerprint density at radius 3 is 2.67 bits per heavy atom. The minimum Gasteiger partial charge on any atom is -0.481 e. The van der Waals surface area contributed by atoms with Crippen LogP contribution in [0.25, 0.3) is 0 Å². The van der Waals surface area contributed by atoms with Gasteiger partial charge in [-0.15, -0.1) is 0 Å². The molecule has 0 saturated heterocycles. The summed E-state index contributed by atoms with van der Waals surface area (Å²) in [5.41, 5.74) is 0.716. The number of carboxylic acid groups (broad SMARTS) is 1. The van der Waals surface area contributed by atoms with Crippen LogP contribution in [0.4, 0.5) is 5.69 Å². The van der Waals surface area contributed by atoms with Crippen molar-refractivity contribution in [3.05, 3.63) is 28.8 Å². The number of carboxylic acids is 1. The van der Waals surface area contributed by atoms with Gasteiger partial charge in [0.1, 0.15) is 0 Å². The highest BCUT2D eigenvalue weighted by molar-refractivity contribution is 6.33. The van der Waals surface area contributed by atoms with Crippen LogP contribution in [-0.2, 0) is 9.59 Å². The number of aliphatic carboxylic acids is 1. The first kappa shape index (κ1) is 15.3. The van der Waals surface area contributed by atoms with Gasteiger partial charge in [0.25, 0.3) is 0 Å². The minimum atomic E-state index is -0.948. The lowest BCUT2D eigenvalue weighted by Crippen LogP contribution is -2.30. The number of hydrogen-bond donors (Lipinski definition) is 2. The van der Waals surface area contributed by atoms with Gasteiger partial charge in [0.2, 0.25) is 5.91 Å². The van der Waals surface area contributed by atoms with E-state index in [9.17, 15) is 14.7 Å². The van der Waals surface area contributed by atoms with Gasteiger partial charge >= 0.3 is 5.97 Å². The topological polar surface area (TPSA) is 90.2 Å². The summed E-state index contributed by atoms with van der Waals surface area (Å²) >= 11 is 5.99. The molecule has 110 valence electrons. The van der Waals surface area contributed by atoms with Gasteiger partial charge in [-0.2, -0.15) is 5.26 Å². The first-order valence-electron chi connectivity index (χ1n) is 6.65. The Morgan fingerprint density at radius 2 is 2.05 bits per heavy atom. The first-order chi connectivity index (χ1) is 9.92. The molecule has 0 aromatic heterocycles. The van der Waals surface area contributed by atoms with Gasteiger partial charge in [0.05, 0.1) is 34.2 Å². The molecule has 1 fully saturated rings. The van der Waals surface area contributed by atoms with Crippen LogP contribution in [0.2, 0.25) is 5.02 Å². The Morgan fingerprint density at radius 1 is 1.38 bits per heavy atom. The van der Waals surface area contributed by atoms with E-state index in [4.69, 9.17) is 16.9 Å². The second-order valence-electron chi connectivity index (χ2n) is 5.42. The highest BCUT2D eigenvalue weighted by Crippen LogP contribution is 2.37. The van der Waals surface area contributed by atoms with E-state index in [2.05, 4.69) is 5.32 Å². The number of nitrogens with zero attached hydrogens (tertiary/aromatic N) is 1.